The summed E-state index contributed by atoms with van der Waals surface area (Å²) in [5, 5.41) is 3.18. The van der Waals surface area contributed by atoms with Crippen LogP contribution < -0.4 is 10.1 Å². The summed E-state index contributed by atoms with van der Waals surface area (Å²) in [7, 11) is 3.31. The lowest BCUT2D eigenvalue weighted by Gasteiger charge is -2.20. The van der Waals surface area contributed by atoms with Crippen molar-refractivity contribution in [3.8, 4) is 5.75 Å². The Morgan fingerprint density at radius 1 is 1.10 bits per heavy atom. The van der Waals surface area contributed by atoms with E-state index < -0.39 is 0 Å². The number of rotatable bonds is 4. The molecule has 0 saturated carbocycles. The Balaban J connectivity index is 2.49. The summed E-state index contributed by atoms with van der Waals surface area (Å²) >= 11 is 0. The highest BCUT2D eigenvalue weighted by atomic mass is 19.1. The molecule has 0 radical (unpaired) electrons. The highest BCUT2D eigenvalue weighted by molar-refractivity contribution is 5.40. The van der Waals surface area contributed by atoms with E-state index >= 15 is 0 Å². The first-order valence-electron chi connectivity index (χ1n) is 6.65. The molecule has 0 saturated heterocycles. The maximum Gasteiger partial charge on any atom is 0.170 e. The maximum absolute atomic E-state index is 14.4. The van der Waals surface area contributed by atoms with Crippen molar-refractivity contribution in [3.63, 3.8) is 0 Å². The molecule has 20 heavy (non-hydrogen) atoms. The van der Waals surface area contributed by atoms with Gasteiger partial charge in [-0.25, -0.2) is 4.39 Å². The van der Waals surface area contributed by atoms with Gasteiger partial charge in [0.2, 0.25) is 0 Å². The van der Waals surface area contributed by atoms with Gasteiger partial charge in [0.25, 0.3) is 0 Å². The largest absolute Gasteiger partial charge is 0.494 e. The number of benzene rings is 2. The van der Waals surface area contributed by atoms with Gasteiger partial charge in [-0.15, -0.1) is 0 Å². The zero-order chi connectivity index (χ0) is 14.7. The molecule has 1 atom stereocenters. The molecule has 0 fully saturated rings. The first-order chi connectivity index (χ1) is 9.58. The summed E-state index contributed by atoms with van der Waals surface area (Å²) in [6.07, 6.45) is 0. The van der Waals surface area contributed by atoms with Gasteiger partial charge in [-0.2, -0.15) is 0 Å². The van der Waals surface area contributed by atoms with Crippen molar-refractivity contribution in [2.75, 3.05) is 14.2 Å². The van der Waals surface area contributed by atoms with E-state index in [0.29, 0.717) is 5.56 Å². The van der Waals surface area contributed by atoms with E-state index in [0.717, 1.165) is 5.56 Å². The van der Waals surface area contributed by atoms with E-state index in [9.17, 15) is 4.39 Å². The molecule has 0 spiro atoms. The summed E-state index contributed by atoms with van der Waals surface area (Å²) in [6, 6.07) is 11.2. The van der Waals surface area contributed by atoms with E-state index in [2.05, 4.69) is 31.3 Å². The second-order valence-corrected chi connectivity index (χ2v) is 4.93. The Morgan fingerprint density at radius 2 is 1.85 bits per heavy atom. The Kier molecular flexibility index (Phi) is 4.40. The number of halogens is 1. The van der Waals surface area contributed by atoms with Crippen molar-refractivity contribution >= 4 is 0 Å². The fourth-order valence-electron chi connectivity index (χ4n) is 2.35. The van der Waals surface area contributed by atoms with E-state index in [1.165, 1.54) is 18.2 Å². The maximum atomic E-state index is 14.4. The Bertz CT molecular complexity index is 610. The van der Waals surface area contributed by atoms with Crippen molar-refractivity contribution < 1.29 is 9.13 Å². The van der Waals surface area contributed by atoms with Gasteiger partial charge < -0.3 is 10.1 Å². The van der Waals surface area contributed by atoms with Crippen molar-refractivity contribution in [1.29, 1.82) is 0 Å². The van der Waals surface area contributed by atoms with E-state index in [1.807, 2.05) is 19.2 Å². The molecule has 0 aliphatic heterocycles. The lowest BCUT2D eigenvalue weighted by atomic mass is 9.95. The standard InChI is InChI=1S/C17H20FNO/c1-11-8-9-13(10-12(11)2)17(19-3)14-6-5-7-15(20-4)16(14)18/h5-10,17,19H,1-4H3. The summed E-state index contributed by atoms with van der Waals surface area (Å²) in [6.45, 7) is 4.13. The lowest BCUT2D eigenvalue weighted by molar-refractivity contribution is 0.382. The van der Waals surface area contributed by atoms with E-state index in [-0.39, 0.29) is 17.6 Å². The highest BCUT2D eigenvalue weighted by Crippen LogP contribution is 2.29. The number of aryl methyl sites for hydroxylation is 2. The summed E-state index contributed by atoms with van der Waals surface area (Å²) in [5.74, 6) is -0.0424. The normalized spacial score (nSPS) is 12.2. The average Bonchev–Trinajstić information content (AvgIpc) is 2.45. The van der Waals surface area contributed by atoms with Gasteiger partial charge in [0, 0.05) is 5.56 Å². The van der Waals surface area contributed by atoms with Crippen LogP contribution >= 0.6 is 0 Å². The number of hydrogen-bond donors (Lipinski definition) is 1. The van der Waals surface area contributed by atoms with Crippen LogP contribution in [-0.4, -0.2) is 14.2 Å². The SMILES string of the molecule is CNC(c1ccc(C)c(C)c1)c1cccc(OC)c1F. The van der Waals surface area contributed by atoms with Crippen LogP contribution in [0.5, 0.6) is 5.75 Å². The van der Waals surface area contributed by atoms with Crippen molar-refractivity contribution in [2.24, 2.45) is 0 Å². The fraction of sp³-hybridized carbons (Fsp3) is 0.294. The van der Waals surface area contributed by atoms with E-state index in [4.69, 9.17) is 4.74 Å². The molecule has 0 bridgehead atoms. The predicted molar refractivity (Wildman–Crippen MR) is 79.8 cm³/mol. The molecule has 1 N–H and O–H groups in total. The minimum absolute atomic E-state index is 0.190. The number of hydrogen-bond acceptors (Lipinski definition) is 2. The molecule has 0 aliphatic rings. The first-order valence-corrected chi connectivity index (χ1v) is 6.65. The third-order valence-electron chi connectivity index (χ3n) is 3.68. The fourth-order valence-corrected chi connectivity index (χ4v) is 2.35. The molecule has 106 valence electrons. The number of nitrogens with one attached hydrogen (secondary N) is 1. The number of ether oxygens (including phenoxy) is 1. The van der Waals surface area contributed by atoms with Crippen molar-refractivity contribution in [2.45, 2.75) is 19.9 Å². The Morgan fingerprint density at radius 3 is 2.45 bits per heavy atom. The van der Waals surface area contributed by atoms with Gasteiger partial charge in [-0.3, -0.25) is 0 Å². The van der Waals surface area contributed by atoms with E-state index in [1.54, 1.807) is 12.1 Å². The molecule has 2 nitrogen and oxygen atoms in total. The van der Waals surface area contributed by atoms with Crippen molar-refractivity contribution in [1.82, 2.24) is 5.32 Å². The topological polar surface area (TPSA) is 21.3 Å². The molecule has 0 heterocycles. The van der Waals surface area contributed by atoms with Crippen LogP contribution in [0.15, 0.2) is 36.4 Å². The third kappa shape index (κ3) is 2.68. The first kappa shape index (κ1) is 14.5. The van der Waals surface area contributed by atoms with Crippen LogP contribution in [0, 0.1) is 19.7 Å². The molecule has 2 aromatic rings. The van der Waals surface area contributed by atoms with Gasteiger partial charge in [0.15, 0.2) is 11.6 Å². The van der Waals surface area contributed by atoms with Crippen LogP contribution in [0.1, 0.15) is 28.3 Å². The molecule has 2 rings (SSSR count). The summed E-state index contributed by atoms with van der Waals surface area (Å²) in [4.78, 5) is 0. The monoisotopic (exact) mass is 273 g/mol. The van der Waals surface area contributed by atoms with Crippen molar-refractivity contribution in [3.05, 3.63) is 64.5 Å². The lowest BCUT2D eigenvalue weighted by Crippen LogP contribution is -2.19. The molecule has 3 heteroatoms. The summed E-state index contributed by atoms with van der Waals surface area (Å²) in [5.41, 5.74) is 4.07. The smallest absolute Gasteiger partial charge is 0.170 e. The molecule has 1 unspecified atom stereocenters. The molecule has 2 aromatic carbocycles. The van der Waals surface area contributed by atoms with Crippen LogP contribution in [0.25, 0.3) is 0 Å². The van der Waals surface area contributed by atoms with Gasteiger partial charge in [-0.1, -0.05) is 30.3 Å². The minimum Gasteiger partial charge on any atom is -0.494 e. The predicted octanol–water partition coefficient (Wildman–Crippen LogP) is 3.76. The second-order valence-electron chi connectivity index (χ2n) is 4.93. The van der Waals surface area contributed by atoms with Gasteiger partial charge in [0.1, 0.15) is 0 Å². The zero-order valence-corrected chi connectivity index (χ0v) is 12.3. The molecule has 0 aliphatic carbocycles. The van der Waals surface area contributed by atoms with Crippen LogP contribution in [0.4, 0.5) is 4.39 Å². The molecular weight excluding hydrogens is 253 g/mol. The van der Waals surface area contributed by atoms with Crippen LogP contribution in [0.3, 0.4) is 0 Å². The van der Waals surface area contributed by atoms with Crippen LogP contribution in [-0.2, 0) is 0 Å². The molecular formula is C17H20FNO. The Labute approximate surface area is 119 Å². The highest BCUT2D eigenvalue weighted by Gasteiger charge is 2.19. The van der Waals surface area contributed by atoms with Gasteiger partial charge >= 0.3 is 0 Å². The average molecular weight is 273 g/mol. The van der Waals surface area contributed by atoms with Crippen LogP contribution in [0.2, 0.25) is 0 Å². The third-order valence-corrected chi connectivity index (χ3v) is 3.68. The van der Waals surface area contributed by atoms with Gasteiger partial charge in [0.05, 0.1) is 13.2 Å². The quantitative estimate of drug-likeness (QED) is 0.915. The number of methoxy groups -OCH3 is 1. The Hall–Kier alpha value is -1.87. The second kappa shape index (κ2) is 6.06. The van der Waals surface area contributed by atoms with Gasteiger partial charge in [-0.05, 0) is 43.7 Å². The molecule has 0 aromatic heterocycles. The minimum atomic E-state index is -0.312. The molecule has 0 amide bonds. The summed E-state index contributed by atoms with van der Waals surface area (Å²) < 4.78 is 19.5. The zero-order valence-electron chi connectivity index (χ0n) is 12.3.